The van der Waals surface area contributed by atoms with Crippen LogP contribution in [0.3, 0.4) is 0 Å². The first-order chi connectivity index (χ1) is 19.1. The number of nitrogens with zero attached hydrogens (tertiary/aromatic N) is 2. The molecule has 0 spiro atoms. The predicted molar refractivity (Wildman–Crippen MR) is 142 cm³/mol. The molecule has 39 heavy (non-hydrogen) atoms. The number of amides is 1. The number of benzene rings is 3. The fraction of sp³-hybridized carbons (Fsp3) is 0.267. The smallest absolute Gasteiger partial charge is 0.260 e. The van der Waals surface area contributed by atoms with E-state index in [9.17, 15) is 9.59 Å². The normalized spacial score (nSPS) is 17.2. The zero-order valence-electron chi connectivity index (χ0n) is 21.6. The number of hydrogen-bond acceptors (Lipinski definition) is 8. The Bertz CT molecular complexity index is 1430. The van der Waals surface area contributed by atoms with Gasteiger partial charge in [-0.15, -0.1) is 0 Å². The van der Waals surface area contributed by atoms with Gasteiger partial charge in [0.1, 0.15) is 17.2 Å². The van der Waals surface area contributed by atoms with E-state index in [1.54, 1.807) is 31.4 Å². The highest BCUT2D eigenvalue weighted by Crippen LogP contribution is 2.35. The van der Waals surface area contributed by atoms with E-state index in [-0.39, 0.29) is 30.8 Å². The minimum atomic E-state index is -0.193. The number of allylic oxidation sites excluding steroid dienone is 1. The lowest BCUT2D eigenvalue weighted by molar-refractivity contribution is -0.135. The molecule has 0 atom stereocenters. The van der Waals surface area contributed by atoms with Crippen LogP contribution in [0.15, 0.2) is 66.4 Å². The van der Waals surface area contributed by atoms with Crippen LogP contribution in [-0.2, 0) is 11.3 Å². The first-order valence-electron chi connectivity index (χ1n) is 12.8. The van der Waals surface area contributed by atoms with Gasteiger partial charge in [-0.25, -0.2) is 0 Å². The summed E-state index contributed by atoms with van der Waals surface area (Å²) >= 11 is 0. The Morgan fingerprint density at radius 3 is 2.46 bits per heavy atom. The lowest BCUT2D eigenvalue weighted by atomic mass is 10.1. The summed E-state index contributed by atoms with van der Waals surface area (Å²) in [5, 5.41) is 0. The maximum absolute atomic E-state index is 12.8. The molecule has 1 amide bonds. The maximum Gasteiger partial charge on any atom is 0.260 e. The molecule has 9 nitrogen and oxygen atoms in total. The van der Waals surface area contributed by atoms with Gasteiger partial charge in [-0.05, 0) is 53.6 Å². The summed E-state index contributed by atoms with van der Waals surface area (Å²) in [6.45, 7) is 3.79. The van der Waals surface area contributed by atoms with Gasteiger partial charge >= 0.3 is 0 Å². The Morgan fingerprint density at radius 1 is 0.897 bits per heavy atom. The van der Waals surface area contributed by atoms with Crippen LogP contribution in [0.2, 0.25) is 0 Å². The summed E-state index contributed by atoms with van der Waals surface area (Å²) in [6, 6.07) is 18.3. The van der Waals surface area contributed by atoms with Gasteiger partial charge in [0, 0.05) is 38.8 Å². The highest BCUT2D eigenvalue weighted by molar-refractivity contribution is 6.14. The molecule has 1 saturated heterocycles. The number of hydrogen-bond donors (Lipinski definition) is 0. The van der Waals surface area contributed by atoms with Crippen molar-refractivity contribution < 1.29 is 33.3 Å². The van der Waals surface area contributed by atoms with Crippen LogP contribution in [-0.4, -0.2) is 68.2 Å². The molecule has 0 saturated carbocycles. The zero-order valence-corrected chi connectivity index (χ0v) is 21.6. The second kappa shape index (κ2) is 10.7. The van der Waals surface area contributed by atoms with E-state index in [1.165, 1.54) is 0 Å². The number of ether oxygens (including phenoxy) is 5. The SMILES string of the molecule is COc1ccc(C=C2Oc3cc(OCC(=O)N4CCN(Cc5ccc6c(c5)OCO6)CC4)ccc3C2=O)cc1. The van der Waals surface area contributed by atoms with Crippen LogP contribution in [0, 0.1) is 0 Å². The van der Waals surface area contributed by atoms with Crippen LogP contribution in [0.4, 0.5) is 0 Å². The molecule has 9 heteroatoms. The monoisotopic (exact) mass is 528 g/mol. The summed E-state index contributed by atoms with van der Waals surface area (Å²) in [5.74, 6) is 3.16. The molecule has 0 radical (unpaired) electrons. The lowest BCUT2D eigenvalue weighted by Crippen LogP contribution is -2.49. The lowest BCUT2D eigenvalue weighted by Gasteiger charge is -2.34. The average Bonchev–Trinajstić information content (AvgIpc) is 3.56. The van der Waals surface area contributed by atoms with Crippen LogP contribution in [0.25, 0.3) is 6.08 Å². The maximum atomic E-state index is 12.8. The Hall–Kier alpha value is -4.50. The summed E-state index contributed by atoms with van der Waals surface area (Å²) < 4.78 is 27.6. The molecule has 0 bridgehead atoms. The predicted octanol–water partition coefficient (Wildman–Crippen LogP) is 3.76. The third-order valence-corrected chi connectivity index (χ3v) is 6.99. The standard InChI is InChI=1S/C30H28N2O7/c1-35-22-5-2-20(3-6-22)14-28-30(34)24-8-7-23(16-26(24)39-28)36-18-29(33)32-12-10-31(11-13-32)17-21-4-9-25-27(15-21)38-19-37-25/h2-9,14-16H,10-13,17-19H2,1H3. The molecule has 6 rings (SSSR count). The van der Waals surface area contributed by atoms with E-state index in [4.69, 9.17) is 23.7 Å². The van der Waals surface area contributed by atoms with E-state index in [0.717, 1.165) is 48.0 Å². The van der Waals surface area contributed by atoms with Crippen LogP contribution in [0.5, 0.6) is 28.7 Å². The molecule has 0 N–H and O–H groups in total. The van der Waals surface area contributed by atoms with Gasteiger partial charge in [0.2, 0.25) is 12.6 Å². The van der Waals surface area contributed by atoms with Crippen molar-refractivity contribution in [2.24, 2.45) is 0 Å². The molecular formula is C30H28N2O7. The zero-order chi connectivity index (χ0) is 26.8. The highest BCUT2D eigenvalue weighted by atomic mass is 16.7. The summed E-state index contributed by atoms with van der Waals surface area (Å²) in [4.78, 5) is 29.7. The quantitative estimate of drug-likeness (QED) is 0.429. The minimum Gasteiger partial charge on any atom is -0.497 e. The Kier molecular flexibility index (Phi) is 6.81. The number of carbonyl (C=O) groups excluding carboxylic acids is 2. The third kappa shape index (κ3) is 5.39. The van der Waals surface area contributed by atoms with Gasteiger partial charge in [-0.1, -0.05) is 18.2 Å². The van der Waals surface area contributed by atoms with E-state index >= 15 is 0 Å². The Labute approximate surface area is 226 Å². The van der Waals surface area contributed by atoms with Crippen molar-refractivity contribution in [2.45, 2.75) is 6.54 Å². The molecule has 3 aromatic rings. The number of carbonyl (C=O) groups is 2. The molecule has 0 aliphatic carbocycles. The van der Waals surface area contributed by atoms with Gasteiger partial charge in [-0.2, -0.15) is 0 Å². The van der Waals surface area contributed by atoms with Gasteiger partial charge in [0.05, 0.1) is 12.7 Å². The van der Waals surface area contributed by atoms with Gasteiger partial charge < -0.3 is 28.6 Å². The summed E-state index contributed by atoms with van der Waals surface area (Å²) in [7, 11) is 1.60. The second-order valence-electron chi connectivity index (χ2n) is 9.50. The second-order valence-corrected chi connectivity index (χ2v) is 9.50. The Balaban J connectivity index is 0.999. The van der Waals surface area contributed by atoms with Crippen LogP contribution < -0.4 is 23.7 Å². The van der Waals surface area contributed by atoms with Gasteiger partial charge in [-0.3, -0.25) is 14.5 Å². The number of methoxy groups -OCH3 is 1. The molecule has 200 valence electrons. The molecule has 1 fully saturated rings. The van der Waals surface area contributed by atoms with Crippen molar-refractivity contribution in [3.05, 3.63) is 83.1 Å². The number of rotatable bonds is 7. The molecule has 3 aliphatic heterocycles. The first-order valence-corrected chi connectivity index (χ1v) is 12.8. The fourth-order valence-corrected chi connectivity index (χ4v) is 4.80. The summed E-state index contributed by atoms with van der Waals surface area (Å²) in [6.07, 6.45) is 1.69. The third-order valence-electron chi connectivity index (χ3n) is 6.99. The summed E-state index contributed by atoms with van der Waals surface area (Å²) in [5.41, 5.74) is 2.44. The molecule has 0 aromatic heterocycles. The average molecular weight is 529 g/mol. The molecule has 3 heterocycles. The Morgan fingerprint density at radius 2 is 1.67 bits per heavy atom. The van der Waals surface area contributed by atoms with Crippen molar-refractivity contribution in [1.82, 2.24) is 9.80 Å². The van der Waals surface area contributed by atoms with Crippen LogP contribution >= 0.6 is 0 Å². The first kappa shape index (κ1) is 24.8. The molecule has 0 unspecified atom stereocenters. The minimum absolute atomic E-state index is 0.0738. The number of fused-ring (bicyclic) bond motifs is 2. The number of ketones is 1. The van der Waals surface area contributed by atoms with Crippen molar-refractivity contribution in [3.63, 3.8) is 0 Å². The van der Waals surface area contributed by atoms with Gasteiger partial charge in [0.15, 0.2) is 23.9 Å². The van der Waals surface area contributed by atoms with Crippen molar-refractivity contribution in [1.29, 1.82) is 0 Å². The van der Waals surface area contributed by atoms with Crippen molar-refractivity contribution in [2.75, 3.05) is 46.7 Å². The topological polar surface area (TPSA) is 86.8 Å². The van der Waals surface area contributed by atoms with Crippen LogP contribution in [0.1, 0.15) is 21.5 Å². The molecular weight excluding hydrogens is 500 g/mol. The number of piperazine rings is 1. The van der Waals surface area contributed by atoms with E-state index in [0.29, 0.717) is 30.2 Å². The highest BCUT2D eigenvalue weighted by Gasteiger charge is 2.28. The fourth-order valence-electron chi connectivity index (χ4n) is 4.80. The van der Waals surface area contributed by atoms with E-state index in [1.807, 2.05) is 47.4 Å². The largest absolute Gasteiger partial charge is 0.497 e. The molecule has 3 aromatic carbocycles. The molecule has 3 aliphatic rings. The van der Waals surface area contributed by atoms with E-state index in [2.05, 4.69) is 4.90 Å². The number of Topliss-reactive ketones (excluding diaryl/α,β-unsaturated/α-hetero) is 1. The van der Waals surface area contributed by atoms with Gasteiger partial charge in [0.25, 0.3) is 5.91 Å². The van der Waals surface area contributed by atoms with Crippen molar-refractivity contribution >= 4 is 17.8 Å². The van der Waals surface area contributed by atoms with Crippen molar-refractivity contribution in [3.8, 4) is 28.7 Å². The van der Waals surface area contributed by atoms with E-state index < -0.39 is 0 Å².